The van der Waals surface area contributed by atoms with Gasteiger partial charge in [-0.05, 0) is 13.8 Å². The summed E-state index contributed by atoms with van der Waals surface area (Å²) in [5.41, 5.74) is 0. The van der Waals surface area contributed by atoms with Crippen molar-refractivity contribution in [2.45, 2.75) is 37.2 Å². The number of aryl methyl sites for hydroxylation is 1. The molecule has 0 spiro atoms. The van der Waals surface area contributed by atoms with Gasteiger partial charge in [-0.15, -0.1) is 10.2 Å². The van der Waals surface area contributed by atoms with Crippen LogP contribution in [0.1, 0.15) is 20.3 Å². The second-order valence-corrected chi connectivity index (χ2v) is 5.14. The fourth-order valence-electron chi connectivity index (χ4n) is 1.40. The monoisotopic (exact) mass is 267 g/mol. The zero-order valence-corrected chi connectivity index (χ0v) is 11.6. The maximum absolute atomic E-state index is 12.0. The van der Waals surface area contributed by atoms with Gasteiger partial charge in [0.25, 0.3) is 0 Å². The average molecular weight is 267 g/mol. The van der Waals surface area contributed by atoms with Crippen molar-refractivity contribution in [1.82, 2.24) is 19.7 Å². The van der Waals surface area contributed by atoms with Crippen LogP contribution in [0.5, 0.6) is 0 Å². The molecule has 1 aromatic heterocycles. The summed E-state index contributed by atoms with van der Waals surface area (Å²) >= 11 is 1.39. The van der Waals surface area contributed by atoms with Gasteiger partial charge >= 0.3 is 0 Å². The third-order valence-corrected chi connectivity index (χ3v) is 3.57. The topological polar surface area (TPSA) is 74.8 Å². The molecule has 18 heavy (non-hydrogen) atoms. The smallest absolute Gasteiger partial charge is 0.235 e. The number of aromatic nitrogens is 3. The van der Waals surface area contributed by atoms with E-state index < -0.39 is 0 Å². The van der Waals surface area contributed by atoms with E-state index in [2.05, 4.69) is 10.2 Å². The minimum atomic E-state index is -0.233. The zero-order valence-electron chi connectivity index (χ0n) is 10.8. The van der Waals surface area contributed by atoms with Crippen molar-refractivity contribution in [3.05, 3.63) is 6.33 Å². The normalized spacial score (nSPS) is 11.9. The molecule has 0 aromatic carbocycles. The molecular weight excluding hydrogens is 250 g/mol. The summed E-state index contributed by atoms with van der Waals surface area (Å²) in [5.74, 6) is 0.000836. The number of nitrogens with zero attached hydrogens (tertiary/aromatic N) is 5. The van der Waals surface area contributed by atoms with Crippen LogP contribution in [0, 0.1) is 11.3 Å². The second-order valence-electron chi connectivity index (χ2n) is 3.83. The molecule has 1 aromatic rings. The molecule has 0 aliphatic carbocycles. The Morgan fingerprint density at radius 2 is 2.44 bits per heavy atom. The predicted molar refractivity (Wildman–Crippen MR) is 68.9 cm³/mol. The van der Waals surface area contributed by atoms with Crippen molar-refractivity contribution in [2.75, 3.05) is 13.6 Å². The van der Waals surface area contributed by atoms with E-state index >= 15 is 0 Å². The van der Waals surface area contributed by atoms with Crippen LogP contribution in [0.25, 0.3) is 0 Å². The van der Waals surface area contributed by atoms with Crippen LogP contribution in [0.15, 0.2) is 11.5 Å². The van der Waals surface area contributed by atoms with Gasteiger partial charge in [0.1, 0.15) is 6.33 Å². The first-order valence-corrected chi connectivity index (χ1v) is 6.64. The third kappa shape index (κ3) is 3.74. The first-order valence-electron chi connectivity index (χ1n) is 5.76. The van der Waals surface area contributed by atoms with Crippen molar-refractivity contribution in [2.24, 2.45) is 0 Å². The second kappa shape index (κ2) is 7.01. The maximum atomic E-state index is 12.0. The van der Waals surface area contributed by atoms with E-state index in [0.29, 0.717) is 13.0 Å². The van der Waals surface area contributed by atoms with Crippen molar-refractivity contribution in [1.29, 1.82) is 5.26 Å². The maximum Gasteiger partial charge on any atom is 0.235 e. The molecule has 98 valence electrons. The molecular formula is C11H17N5OS. The predicted octanol–water partition coefficient (Wildman–Crippen LogP) is 1.15. The van der Waals surface area contributed by atoms with Gasteiger partial charge in [-0.25, -0.2) is 0 Å². The third-order valence-electron chi connectivity index (χ3n) is 2.49. The molecule has 6 nitrogen and oxygen atoms in total. The SMILES string of the molecule is CCn1cnnc1S[C@@H](C)C(=O)N(C)CCC#N. The Bertz CT molecular complexity index is 439. The summed E-state index contributed by atoms with van der Waals surface area (Å²) in [7, 11) is 1.71. The highest BCUT2D eigenvalue weighted by atomic mass is 32.2. The van der Waals surface area contributed by atoms with Crippen LogP contribution in [-0.2, 0) is 11.3 Å². The Morgan fingerprint density at radius 1 is 1.72 bits per heavy atom. The molecule has 0 N–H and O–H groups in total. The molecule has 0 aliphatic heterocycles. The highest BCUT2D eigenvalue weighted by molar-refractivity contribution is 8.00. The van der Waals surface area contributed by atoms with Gasteiger partial charge in [0.2, 0.25) is 5.91 Å². The molecule has 7 heteroatoms. The number of carbonyl (C=O) groups excluding carboxylic acids is 1. The molecule has 0 saturated heterocycles. The number of hydrogen-bond acceptors (Lipinski definition) is 5. The Balaban J connectivity index is 2.57. The molecule has 0 aliphatic rings. The van der Waals surface area contributed by atoms with E-state index in [9.17, 15) is 4.79 Å². The summed E-state index contributed by atoms with van der Waals surface area (Å²) in [4.78, 5) is 13.6. The Labute approximate surface area is 111 Å². The number of thioether (sulfide) groups is 1. The molecule has 1 heterocycles. The van der Waals surface area contributed by atoms with Gasteiger partial charge in [0.05, 0.1) is 17.7 Å². The standard InChI is InChI=1S/C11H17N5OS/c1-4-16-8-13-14-11(16)18-9(2)10(17)15(3)7-5-6-12/h8-9H,4-5,7H2,1-3H3/t9-/m0/s1. The van der Waals surface area contributed by atoms with Crippen LogP contribution in [-0.4, -0.2) is 44.4 Å². The Morgan fingerprint density at radius 3 is 3.06 bits per heavy atom. The minimum Gasteiger partial charge on any atom is -0.344 e. The summed E-state index contributed by atoms with van der Waals surface area (Å²) in [6.07, 6.45) is 2.00. The number of amides is 1. The van der Waals surface area contributed by atoms with E-state index in [1.807, 2.05) is 24.5 Å². The van der Waals surface area contributed by atoms with Gasteiger partial charge in [0.15, 0.2) is 5.16 Å². The first-order chi connectivity index (χ1) is 8.60. The van der Waals surface area contributed by atoms with Crippen molar-refractivity contribution in [3.63, 3.8) is 0 Å². The fourth-order valence-corrected chi connectivity index (χ4v) is 2.40. The molecule has 1 rings (SSSR count). The van der Waals surface area contributed by atoms with Crippen molar-refractivity contribution < 1.29 is 4.79 Å². The van der Waals surface area contributed by atoms with E-state index in [1.165, 1.54) is 11.8 Å². The Kier molecular flexibility index (Phi) is 5.65. The molecule has 0 unspecified atom stereocenters. The van der Waals surface area contributed by atoms with E-state index in [-0.39, 0.29) is 11.2 Å². The molecule has 0 bridgehead atoms. The average Bonchev–Trinajstić information content (AvgIpc) is 2.81. The highest BCUT2D eigenvalue weighted by Crippen LogP contribution is 2.22. The van der Waals surface area contributed by atoms with Gasteiger partial charge in [-0.2, -0.15) is 5.26 Å². The number of carbonyl (C=O) groups is 1. The van der Waals surface area contributed by atoms with Gasteiger partial charge in [-0.1, -0.05) is 11.8 Å². The fraction of sp³-hybridized carbons (Fsp3) is 0.636. The summed E-state index contributed by atoms with van der Waals surface area (Å²) in [6.45, 7) is 5.07. The largest absolute Gasteiger partial charge is 0.344 e. The number of hydrogen-bond donors (Lipinski definition) is 0. The number of nitriles is 1. The van der Waals surface area contributed by atoms with Crippen LogP contribution in [0.3, 0.4) is 0 Å². The number of rotatable bonds is 6. The lowest BCUT2D eigenvalue weighted by Gasteiger charge is -2.19. The summed E-state index contributed by atoms with van der Waals surface area (Å²) in [5, 5.41) is 16.8. The van der Waals surface area contributed by atoms with Gasteiger partial charge < -0.3 is 9.47 Å². The lowest BCUT2D eigenvalue weighted by Crippen LogP contribution is -2.34. The summed E-state index contributed by atoms with van der Waals surface area (Å²) in [6, 6.07) is 2.03. The zero-order chi connectivity index (χ0) is 13.5. The molecule has 0 saturated carbocycles. The Hall–Kier alpha value is -1.55. The van der Waals surface area contributed by atoms with E-state index in [4.69, 9.17) is 5.26 Å². The summed E-state index contributed by atoms with van der Waals surface area (Å²) < 4.78 is 1.89. The van der Waals surface area contributed by atoms with E-state index in [1.54, 1.807) is 18.3 Å². The quantitative estimate of drug-likeness (QED) is 0.723. The first kappa shape index (κ1) is 14.5. The minimum absolute atomic E-state index is 0.000836. The van der Waals surface area contributed by atoms with Crippen LogP contribution >= 0.6 is 11.8 Å². The van der Waals surface area contributed by atoms with Crippen molar-refractivity contribution >= 4 is 17.7 Å². The van der Waals surface area contributed by atoms with E-state index in [0.717, 1.165) is 11.7 Å². The molecule has 1 atom stereocenters. The van der Waals surface area contributed by atoms with Crippen LogP contribution in [0.4, 0.5) is 0 Å². The van der Waals surface area contributed by atoms with Crippen molar-refractivity contribution in [3.8, 4) is 6.07 Å². The lowest BCUT2D eigenvalue weighted by atomic mass is 10.3. The molecule has 0 fully saturated rings. The lowest BCUT2D eigenvalue weighted by molar-refractivity contribution is -0.128. The van der Waals surface area contributed by atoms with Crippen LogP contribution < -0.4 is 0 Å². The van der Waals surface area contributed by atoms with Crippen LogP contribution in [0.2, 0.25) is 0 Å². The van der Waals surface area contributed by atoms with Gasteiger partial charge in [0, 0.05) is 20.1 Å². The molecule has 0 radical (unpaired) electrons. The van der Waals surface area contributed by atoms with Gasteiger partial charge in [-0.3, -0.25) is 4.79 Å². The molecule has 1 amide bonds. The highest BCUT2D eigenvalue weighted by Gasteiger charge is 2.20.